The zero-order valence-electron chi connectivity index (χ0n) is 15.8. The molecular formula is C23H27N3S. The Balaban J connectivity index is 1.57. The third-order valence-electron chi connectivity index (χ3n) is 4.47. The van der Waals surface area contributed by atoms with Crippen molar-refractivity contribution < 1.29 is 0 Å². The Kier molecular flexibility index (Phi) is 7.19. The fourth-order valence-corrected chi connectivity index (χ4v) is 3.70. The van der Waals surface area contributed by atoms with E-state index in [1.54, 1.807) is 11.3 Å². The van der Waals surface area contributed by atoms with Crippen LogP contribution >= 0.6 is 11.3 Å². The van der Waals surface area contributed by atoms with Crippen molar-refractivity contribution in [3.05, 3.63) is 88.1 Å². The van der Waals surface area contributed by atoms with Gasteiger partial charge in [-0.25, -0.2) is 4.99 Å². The van der Waals surface area contributed by atoms with E-state index in [1.807, 2.05) is 17.5 Å². The van der Waals surface area contributed by atoms with E-state index in [4.69, 9.17) is 5.73 Å². The quantitative estimate of drug-likeness (QED) is 0.409. The summed E-state index contributed by atoms with van der Waals surface area (Å²) in [6, 6.07) is 23.1. The lowest BCUT2D eigenvalue weighted by Crippen LogP contribution is -2.26. The molecule has 0 atom stereocenters. The van der Waals surface area contributed by atoms with Gasteiger partial charge in [-0.15, -0.1) is 11.3 Å². The summed E-state index contributed by atoms with van der Waals surface area (Å²) < 4.78 is 0. The molecule has 0 spiro atoms. The van der Waals surface area contributed by atoms with Crippen molar-refractivity contribution in [2.75, 3.05) is 13.1 Å². The third-order valence-corrected chi connectivity index (χ3v) is 5.36. The van der Waals surface area contributed by atoms with Crippen LogP contribution in [-0.2, 0) is 13.0 Å². The van der Waals surface area contributed by atoms with E-state index in [0.717, 1.165) is 36.6 Å². The number of nitrogens with two attached hydrogens (primary N) is 1. The Hall–Kier alpha value is -2.43. The van der Waals surface area contributed by atoms with Crippen molar-refractivity contribution in [3.63, 3.8) is 0 Å². The van der Waals surface area contributed by atoms with Gasteiger partial charge < -0.3 is 5.73 Å². The molecule has 0 saturated heterocycles. The maximum Gasteiger partial charge on any atom is 0.141 e. The lowest BCUT2D eigenvalue weighted by molar-refractivity contribution is 0.269. The molecule has 0 unspecified atom stereocenters. The standard InChI is InChI=1S/C23H27N3S/c1-2-15-26(18-20-7-4-3-5-8-20)16-14-19-10-12-21(13-11-19)25-23(24)22-9-6-17-27-22/h3-13,17H,2,14-16,18H2,1H3,(H2,24,25). The SMILES string of the molecule is CCCN(CCc1ccc(N=C(N)c2cccs2)cc1)Cc1ccccc1. The van der Waals surface area contributed by atoms with Gasteiger partial charge in [0.2, 0.25) is 0 Å². The van der Waals surface area contributed by atoms with Gasteiger partial charge in [-0.2, -0.15) is 0 Å². The summed E-state index contributed by atoms with van der Waals surface area (Å²) in [6.45, 7) is 5.43. The van der Waals surface area contributed by atoms with Crippen molar-refractivity contribution in [2.24, 2.45) is 10.7 Å². The van der Waals surface area contributed by atoms with Crippen LogP contribution in [0.25, 0.3) is 0 Å². The summed E-state index contributed by atoms with van der Waals surface area (Å²) in [6.07, 6.45) is 2.21. The van der Waals surface area contributed by atoms with Crippen LogP contribution in [-0.4, -0.2) is 23.8 Å². The Bertz CT molecular complexity index is 824. The Morgan fingerprint density at radius 2 is 1.70 bits per heavy atom. The van der Waals surface area contributed by atoms with Crippen molar-refractivity contribution in [3.8, 4) is 0 Å². The minimum atomic E-state index is 0.578. The topological polar surface area (TPSA) is 41.6 Å². The first-order valence-corrected chi connectivity index (χ1v) is 10.4. The minimum absolute atomic E-state index is 0.578. The van der Waals surface area contributed by atoms with Gasteiger partial charge in [0.05, 0.1) is 10.6 Å². The molecule has 2 N–H and O–H groups in total. The molecule has 1 aromatic heterocycles. The molecule has 1 heterocycles. The van der Waals surface area contributed by atoms with Gasteiger partial charge in [0, 0.05) is 13.1 Å². The molecule has 0 aliphatic carbocycles. The first-order chi connectivity index (χ1) is 13.2. The van der Waals surface area contributed by atoms with Gasteiger partial charge in [0.25, 0.3) is 0 Å². The zero-order valence-corrected chi connectivity index (χ0v) is 16.7. The maximum absolute atomic E-state index is 6.07. The van der Waals surface area contributed by atoms with Crippen LogP contribution in [0.3, 0.4) is 0 Å². The third kappa shape index (κ3) is 6.05. The molecule has 2 aromatic carbocycles. The van der Waals surface area contributed by atoms with E-state index in [1.165, 1.54) is 17.5 Å². The number of benzene rings is 2. The van der Waals surface area contributed by atoms with Crippen molar-refractivity contribution in [1.29, 1.82) is 0 Å². The number of hydrogen-bond acceptors (Lipinski definition) is 3. The van der Waals surface area contributed by atoms with Crippen LogP contribution in [0.15, 0.2) is 77.1 Å². The van der Waals surface area contributed by atoms with Gasteiger partial charge in [0.15, 0.2) is 0 Å². The van der Waals surface area contributed by atoms with Gasteiger partial charge >= 0.3 is 0 Å². The minimum Gasteiger partial charge on any atom is -0.383 e. The van der Waals surface area contributed by atoms with Crippen molar-refractivity contribution in [1.82, 2.24) is 4.90 Å². The molecular weight excluding hydrogens is 350 g/mol. The molecule has 0 aliphatic rings. The molecule has 3 aromatic rings. The Morgan fingerprint density at radius 1 is 0.926 bits per heavy atom. The summed E-state index contributed by atoms with van der Waals surface area (Å²) >= 11 is 1.61. The summed E-state index contributed by atoms with van der Waals surface area (Å²) in [7, 11) is 0. The summed E-state index contributed by atoms with van der Waals surface area (Å²) in [5, 5.41) is 2.01. The van der Waals surface area contributed by atoms with Gasteiger partial charge in [-0.1, -0.05) is 55.5 Å². The van der Waals surface area contributed by atoms with Crippen LogP contribution in [0.5, 0.6) is 0 Å². The molecule has 0 bridgehead atoms. The molecule has 140 valence electrons. The number of aliphatic imine (C=N–C) groups is 1. The highest BCUT2D eigenvalue weighted by Crippen LogP contribution is 2.17. The number of rotatable bonds is 9. The van der Waals surface area contributed by atoms with Gasteiger partial charge in [0.1, 0.15) is 5.84 Å². The van der Waals surface area contributed by atoms with Crippen LogP contribution in [0.1, 0.15) is 29.3 Å². The smallest absolute Gasteiger partial charge is 0.141 e. The van der Waals surface area contributed by atoms with E-state index in [2.05, 4.69) is 71.4 Å². The average molecular weight is 378 g/mol. The van der Waals surface area contributed by atoms with E-state index in [9.17, 15) is 0 Å². The van der Waals surface area contributed by atoms with Gasteiger partial charge in [-0.05, 0) is 54.1 Å². The van der Waals surface area contributed by atoms with Crippen LogP contribution < -0.4 is 5.73 Å². The highest BCUT2D eigenvalue weighted by molar-refractivity contribution is 7.12. The number of nitrogens with zero attached hydrogens (tertiary/aromatic N) is 2. The molecule has 0 fully saturated rings. The highest BCUT2D eigenvalue weighted by atomic mass is 32.1. The average Bonchev–Trinajstić information content (AvgIpc) is 3.23. The molecule has 27 heavy (non-hydrogen) atoms. The second-order valence-electron chi connectivity index (χ2n) is 6.65. The Labute approximate surface area is 166 Å². The van der Waals surface area contributed by atoms with E-state index in [-0.39, 0.29) is 0 Å². The second-order valence-corrected chi connectivity index (χ2v) is 7.60. The second kappa shape index (κ2) is 10.0. The molecule has 4 heteroatoms. The van der Waals surface area contributed by atoms with E-state index < -0.39 is 0 Å². The summed E-state index contributed by atoms with van der Waals surface area (Å²) in [4.78, 5) is 8.05. The van der Waals surface area contributed by atoms with Crippen molar-refractivity contribution in [2.45, 2.75) is 26.3 Å². The molecule has 0 radical (unpaired) electrons. The van der Waals surface area contributed by atoms with E-state index in [0.29, 0.717) is 5.84 Å². The van der Waals surface area contributed by atoms with E-state index >= 15 is 0 Å². The fraction of sp³-hybridized carbons (Fsp3) is 0.261. The monoisotopic (exact) mass is 377 g/mol. The zero-order chi connectivity index (χ0) is 18.9. The lowest BCUT2D eigenvalue weighted by atomic mass is 10.1. The molecule has 0 aliphatic heterocycles. The maximum atomic E-state index is 6.07. The molecule has 0 saturated carbocycles. The Morgan fingerprint density at radius 3 is 2.37 bits per heavy atom. The molecule has 3 nitrogen and oxygen atoms in total. The lowest BCUT2D eigenvalue weighted by Gasteiger charge is -2.21. The van der Waals surface area contributed by atoms with Crippen LogP contribution in [0.2, 0.25) is 0 Å². The normalized spacial score (nSPS) is 11.9. The molecule has 0 amide bonds. The number of amidine groups is 1. The highest BCUT2D eigenvalue weighted by Gasteiger charge is 2.06. The predicted molar refractivity (Wildman–Crippen MR) is 117 cm³/mol. The van der Waals surface area contributed by atoms with Crippen LogP contribution in [0.4, 0.5) is 5.69 Å². The van der Waals surface area contributed by atoms with Crippen LogP contribution in [0, 0.1) is 0 Å². The number of hydrogen-bond donors (Lipinski definition) is 1. The summed E-state index contributed by atoms with van der Waals surface area (Å²) in [5.74, 6) is 0.578. The predicted octanol–water partition coefficient (Wildman–Crippen LogP) is 5.24. The first-order valence-electron chi connectivity index (χ1n) is 9.48. The molecule has 3 rings (SSSR count). The van der Waals surface area contributed by atoms with Crippen molar-refractivity contribution >= 4 is 22.9 Å². The largest absolute Gasteiger partial charge is 0.383 e. The number of thiophene rings is 1. The fourth-order valence-electron chi connectivity index (χ4n) is 3.07. The first kappa shape index (κ1) is 19.3. The summed E-state index contributed by atoms with van der Waals surface area (Å²) in [5.41, 5.74) is 9.68. The van der Waals surface area contributed by atoms with Gasteiger partial charge in [-0.3, -0.25) is 4.90 Å².